The van der Waals surface area contributed by atoms with E-state index in [4.69, 9.17) is 9.47 Å². The molecular weight excluding hydrogens is 300 g/mol. The second-order valence-electron chi connectivity index (χ2n) is 6.79. The fourth-order valence-corrected chi connectivity index (χ4v) is 2.50. The zero-order valence-corrected chi connectivity index (χ0v) is 15.7. The monoisotopic (exact) mass is 334 g/mol. The molecule has 0 atom stereocenters. The smallest absolute Gasteiger partial charge is 0.338 e. The molecule has 136 valence electrons. The minimum atomic E-state index is -0.266. The highest BCUT2D eigenvalue weighted by Gasteiger charge is 2.06. The second-order valence-corrected chi connectivity index (χ2v) is 6.79. The van der Waals surface area contributed by atoms with Crippen LogP contribution in [-0.4, -0.2) is 25.8 Å². The highest BCUT2D eigenvalue weighted by molar-refractivity contribution is 5.89. The van der Waals surface area contributed by atoms with Gasteiger partial charge in [-0.25, -0.2) is 4.79 Å². The molecule has 0 heterocycles. The fourth-order valence-electron chi connectivity index (χ4n) is 2.50. The number of ether oxygens (including phenoxy) is 2. The summed E-state index contributed by atoms with van der Waals surface area (Å²) in [5.41, 5.74) is 1.89. The summed E-state index contributed by atoms with van der Waals surface area (Å²) in [5.74, 6) is 0.517. The van der Waals surface area contributed by atoms with Gasteiger partial charge in [0.2, 0.25) is 0 Å². The molecule has 0 amide bonds. The molecule has 0 aliphatic heterocycles. The quantitative estimate of drug-likeness (QED) is 0.357. The Hall–Kier alpha value is -1.35. The largest absolute Gasteiger partial charge is 0.460 e. The molecule has 0 aromatic heterocycles. The molecule has 3 nitrogen and oxygen atoms in total. The van der Waals surface area contributed by atoms with Gasteiger partial charge in [0.1, 0.15) is 6.61 Å². The predicted octanol–water partition coefficient (Wildman–Crippen LogP) is 5.42. The van der Waals surface area contributed by atoms with Gasteiger partial charge in [0, 0.05) is 6.61 Å². The molecule has 3 heteroatoms. The Labute approximate surface area is 147 Å². The molecule has 0 N–H and O–H groups in total. The van der Waals surface area contributed by atoms with Gasteiger partial charge >= 0.3 is 5.97 Å². The van der Waals surface area contributed by atoms with Crippen LogP contribution in [0, 0.1) is 5.92 Å². The number of rotatable bonds is 13. The molecule has 0 aliphatic carbocycles. The lowest BCUT2D eigenvalue weighted by Gasteiger charge is -2.07. The Kier molecular flexibility index (Phi) is 11.2. The zero-order valence-electron chi connectivity index (χ0n) is 15.7. The van der Waals surface area contributed by atoms with E-state index in [-0.39, 0.29) is 5.97 Å². The molecule has 0 unspecified atom stereocenters. The minimum absolute atomic E-state index is 0.266. The Morgan fingerprint density at radius 1 is 0.958 bits per heavy atom. The van der Waals surface area contributed by atoms with Gasteiger partial charge in [-0.1, -0.05) is 58.6 Å². The average molecular weight is 334 g/mol. The third-order valence-corrected chi connectivity index (χ3v) is 4.04. The van der Waals surface area contributed by atoms with Crippen molar-refractivity contribution in [3.05, 3.63) is 35.4 Å². The van der Waals surface area contributed by atoms with Crippen molar-refractivity contribution in [2.45, 2.75) is 65.7 Å². The Morgan fingerprint density at radius 3 is 2.38 bits per heavy atom. The van der Waals surface area contributed by atoms with Crippen molar-refractivity contribution in [3.8, 4) is 0 Å². The number of hydrogen-bond acceptors (Lipinski definition) is 3. The van der Waals surface area contributed by atoms with Crippen LogP contribution in [0.25, 0.3) is 0 Å². The molecule has 0 saturated carbocycles. The number of hydrogen-bond donors (Lipinski definition) is 0. The summed E-state index contributed by atoms with van der Waals surface area (Å²) in [6, 6.07) is 7.73. The molecule has 0 radical (unpaired) electrons. The van der Waals surface area contributed by atoms with Crippen molar-refractivity contribution < 1.29 is 14.3 Å². The van der Waals surface area contributed by atoms with Gasteiger partial charge in [-0.3, -0.25) is 0 Å². The predicted molar refractivity (Wildman–Crippen MR) is 99.5 cm³/mol. The highest BCUT2D eigenvalue weighted by atomic mass is 16.6. The first kappa shape index (κ1) is 20.7. The topological polar surface area (TPSA) is 35.5 Å². The Balaban J connectivity index is 2.07. The van der Waals surface area contributed by atoms with E-state index >= 15 is 0 Å². The number of aryl methyl sites for hydroxylation is 1. The normalized spacial score (nSPS) is 11.0. The summed E-state index contributed by atoms with van der Waals surface area (Å²) in [6.07, 6.45) is 8.28. The maximum absolute atomic E-state index is 11.9. The molecule has 0 aliphatic rings. The molecule has 0 spiro atoms. The molecule has 1 aromatic carbocycles. The standard InChI is InChI=1S/C21H34O3/c1-4-5-10-19-11-13-20(14-12-19)21(22)24-17-16-23-15-8-6-7-9-18(2)3/h11-14,18H,4-10,15-17H2,1-3H3. The van der Waals surface area contributed by atoms with E-state index in [9.17, 15) is 4.79 Å². The van der Waals surface area contributed by atoms with Crippen LogP contribution in [0.3, 0.4) is 0 Å². The lowest BCUT2D eigenvalue weighted by Crippen LogP contribution is -2.11. The average Bonchev–Trinajstić information content (AvgIpc) is 2.58. The van der Waals surface area contributed by atoms with E-state index in [0.29, 0.717) is 18.8 Å². The van der Waals surface area contributed by atoms with Gasteiger partial charge in [-0.2, -0.15) is 0 Å². The van der Waals surface area contributed by atoms with Crippen molar-refractivity contribution in [2.24, 2.45) is 5.92 Å². The third-order valence-electron chi connectivity index (χ3n) is 4.04. The van der Waals surface area contributed by atoms with E-state index in [0.717, 1.165) is 25.4 Å². The molecule has 1 aromatic rings. The molecule has 0 saturated heterocycles. The van der Waals surface area contributed by atoms with Crippen LogP contribution in [0.2, 0.25) is 0 Å². The first-order valence-corrected chi connectivity index (χ1v) is 9.47. The lowest BCUT2D eigenvalue weighted by atomic mass is 10.1. The Bertz CT molecular complexity index is 437. The molecule has 24 heavy (non-hydrogen) atoms. The van der Waals surface area contributed by atoms with Crippen molar-refractivity contribution in [2.75, 3.05) is 19.8 Å². The van der Waals surface area contributed by atoms with Crippen LogP contribution >= 0.6 is 0 Å². The summed E-state index contributed by atoms with van der Waals surface area (Å²) in [5, 5.41) is 0. The first-order valence-electron chi connectivity index (χ1n) is 9.47. The van der Waals surface area contributed by atoms with E-state index in [1.165, 1.54) is 37.7 Å². The SMILES string of the molecule is CCCCc1ccc(C(=O)OCCOCCCCCC(C)C)cc1. The summed E-state index contributed by atoms with van der Waals surface area (Å²) < 4.78 is 10.8. The van der Waals surface area contributed by atoms with E-state index in [2.05, 4.69) is 20.8 Å². The van der Waals surface area contributed by atoms with Crippen molar-refractivity contribution in [3.63, 3.8) is 0 Å². The van der Waals surface area contributed by atoms with Crippen LogP contribution in [0.5, 0.6) is 0 Å². The van der Waals surface area contributed by atoms with Crippen LogP contribution < -0.4 is 0 Å². The summed E-state index contributed by atoms with van der Waals surface area (Å²) >= 11 is 0. The lowest BCUT2D eigenvalue weighted by molar-refractivity contribution is 0.0312. The van der Waals surface area contributed by atoms with E-state index < -0.39 is 0 Å². The number of carbonyl (C=O) groups excluding carboxylic acids is 1. The van der Waals surface area contributed by atoms with Crippen LogP contribution in [0.4, 0.5) is 0 Å². The van der Waals surface area contributed by atoms with Gasteiger partial charge in [0.15, 0.2) is 0 Å². The summed E-state index contributed by atoms with van der Waals surface area (Å²) in [7, 11) is 0. The van der Waals surface area contributed by atoms with Crippen molar-refractivity contribution in [1.82, 2.24) is 0 Å². The number of benzene rings is 1. The second kappa shape index (κ2) is 13.0. The number of unbranched alkanes of at least 4 members (excludes halogenated alkanes) is 3. The van der Waals surface area contributed by atoms with Crippen LogP contribution in [0.1, 0.15) is 75.2 Å². The van der Waals surface area contributed by atoms with E-state index in [1.54, 1.807) is 0 Å². The molecule has 0 bridgehead atoms. The van der Waals surface area contributed by atoms with Crippen molar-refractivity contribution >= 4 is 5.97 Å². The summed E-state index contributed by atoms with van der Waals surface area (Å²) in [4.78, 5) is 11.9. The number of carbonyl (C=O) groups is 1. The van der Waals surface area contributed by atoms with Gasteiger partial charge in [-0.05, 0) is 42.9 Å². The fraction of sp³-hybridized carbons (Fsp3) is 0.667. The van der Waals surface area contributed by atoms with Gasteiger partial charge < -0.3 is 9.47 Å². The molecule has 1 rings (SSSR count). The zero-order chi connectivity index (χ0) is 17.6. The summed E-state index contributed by atoms with van der Waals surface area (Å²) in [6.45, 7) is 8.24. The molecular formula is C21H34O3. The van der Waals surface area contributed by atoms with Gasteiger partial charge in [0.25, 0.3) is 0 Å². The van der Waals surface area contributed by atoms with Gasteiger partial charge in [0.05, 0.1) is 12.2 Å². The van der Waals surface area contributed by atoms with Crippen molar-refractivity contribution in [1.29, 1.82) is 0 Å². The maximum Gasteiger partial charge on any atom is 0.338 e. The first-order chi connectivity index (χ1) is 11.6. The van der Waals surface area contributed by atoms with Gasteiger partial charge in [-0.15, -0.1) is 0 Å². The van der Waals surface area contributed by atoms with Crippen LogP contribution in [0.15, 0.2) is 24.3 Å². The minimum Gasteiger partial charge on any atom is -0.460 e. The molecule has 0 fully saturated rings. The maximum atomic E-state index is 11.9. The van der Waals surface area contributed by atoms with Crippen LogP contribution in [-0.2, 0) is 15.9 Å². The Morgan fingerprint density at radius 2 is 1.71 bits per heavy atom. The third kappa shape index (κ3) is 9.71. The highest BCUT2D eigenvalue weighted by Crippen LogP contribution is 2.09. The van der Waals surface area contributed by atoms with E-state index in [1.807, 2.05) is 24.3 Å². The number of esters is 1.